The second kappa shape index (κ2) is 4.51. The van der Waals surface area contributed by atoms with Crippen LogP contribution in [0.5, 0.6) is 0 Å². The molecule has 0 aromatic carbocycles. The minimum Gasteiger partial charge on any atom is -0.501 e. The molecule has 0 aromatic rings. The first-order chi connectivity index (χ1) is 5.77. The van der Waals surface area contributed by atoms with Crippen LogP contribution < -0.4 is 0 Å². The Morgan fingerprint density at radius 1 is 1.58 bits per heavy atom. The summed E-state index contributed by atoms with van der Waals surface area (Å²) in [6.45, 7) is 5.80. The first kappa shape index (κ1) is 9.59. The highest BCUT2D eigenvalue weighted by molar-refractivity contribution is 4.80. The molecule has 2 heteroatoms. The molecule has 0 spiro atoms. The maximum atomic E-state index is 5.62. The van der Waals surface area contributed by atoms with E-state index in [9.17, 15) is 0 Å². The van der Waals surface area contributed by atoms with Gasteiger partial charge in [0.1, 0.15) is 0 Å². The summed E-state index contributed by atoms with van der Waals surface area (Å²) in [7, 11) is 0. The fraction of sp³-hybridized carbons (Fsp3) is 0.800. The largest absolute Gasteiger partial charge is 0.501 e. The summed E-state index contributed by atoms with van der Waals surface area (Å²) in [5, 5.41) is 0. The van der Waals surface area contributed by atoms with E-state index < -0.39 is 0 Å². The van der Waals surface area contributed by atoms with E-state index in [4.69, 9.17) is 9.47 Å². The summed E-state index contributed by atoms with van der Waals surface area (Å²) in [5.74, 6) is 0. The van der Waals surface area contributed by atoms with Crippen LogP contribution in [-0.2, 0) is 9.47 Å². The van der Waals surface area contributed by atoms with Gasteiger partial charge < -0.3 is 9.47 Å². The molecule has 1 fully saturated rings. The van der Waals surface area contributed by atoms with E-state index in [1.807, 2.05) is 13.0 Å². The molecule has 0 N–H and O–H groups in total. The second-order valence-electron chi connectivity index (χ2n) is 3.49. The monoisotopic (exact) mass is 170 g/mol. The SMILES string of the molecule is C/C=C/OCCC1(C)CCCO1. The molecule has 1 aliphatic rings. The molecule has 1 rings (SSSR count). The average Bonchev–Trinajstić information content (AvgIpc) is 2.47. The van der Waals surface area contributed by atoms with Crippen molar-refractivity contribution in [3.63, 3.8) is 0 Å². The van der Waals surface area contributed by atoms with Gasteiger partial charge in [0.15, 0.2) is 0 Å². The predicted octanol–water partition coefficient (Wildman–Crippen LogP) is 2.50. The lowest BCUT2D eigenvalue weighted by Gasteiger charge is -2.22. The smallest absolute Gasteiger partial charge is 0.0900 e. The van der Waals surface area contributed by atoms with Crippen LogP contribution in [0.15, 0.2) is 12.3 Å². The molecule has 1 saturated heterocycles. The number of allylic oxidation sites excluding steroid dienone is 1. The first-order valence-corrected chi connectivity index (χ1v) is 4.63. The Morgan fingerprint density at radius 3 is 3.00 bits per heavy atom. The molecule has 0 radical (unpaired) electrons. The van der Waals surface area contributed by atoms with Crippen molar-refractivity contribution in [1.82, 2.24) is 0 Å². The molecule has 2 nitrogen and oxygen atoms in total. The number of hydrogen-bond donors (Lipinski definition) is 0. The van der Waals surface area contributed by atoms with E-state index in [0.29, 0.717) is 0 Å². The molecule has 70 valence electrons. The van der Waals surface area contributed by atoms with Gasteiger partial charge in [0, 0.05) is 13.0 Å². The molecule has 12 heavy (non-hydrogen) atoms. The Hall–Kier alpha value is -0.500. The topological polar surface area (TPSA) is 18.5 Å². The van der Waals surface area contributed by atoms with Crippen molar-refractivity contribution in [3.8, 4) is 0 Å². The van der Waals surface area contributed by atoms with Gasteiger partial charge in [-0.1, -0.05) is 6.08 Å². The number of hydrogen-bond acceptors (Lipinski definition) is 2. The molecule has 0 saturated carbocycles. The third kappa shape index (κ3) is 2.86. The molecule has 0 amide bonds. The zero-order valence-corrected chi connectivity index (χ0v) is 8.01. The number of rotatable bonds is 4. The van der Waals surface area contributed by atoms with Crippen molar-refractivity contribution < 1.29 is 9.47 Å². The Kier molecular flexibility index (Phi) is 3.60. The van der Waals surface area contributed by atoms with E-state index in [2.05, 4.69) is 6.92 Å². The lowest BCUT2D eigenvalue weighted by Crippen LogP contribution is -2.24. The van der Waals surface area contributed by atoms with Gasteiger partial charge in [-0.15, -0.1) is 0 Å². The summed E-state index contributed by atoms with van der Waals surface area (Å²) in [6.07, 6.45) is 7.00. The second-order valence-corrected chi connectivity index (χ2v) is 3.49. The highest BCUT2D eigenvalue weighted by Crippen LogP contribution is 2.28. The quantitative estimate of drug-likeness (QED) is 0.476. The van der Waals surface area contributed by atoms with E-state index in [1.165, 1.54) is 12.8 Å². The Balaban J connectivity index is 2.12. The van der Waals surface area contributed by atoms with E-state index in [0.717, 1.165) is 19.6 Å². The molecule has 0 aromatic heterocycles. The van der Waals surface area contributed by atoms with Gasteiger partial charge in [-0.05, 0) is 26.7 Å². The van der Waals surface area contributed by atoms with Crippen LogP contribution in [0.2, 0.25) is 0 Å². The van der Waals surface area contributed by atoms with E-state index in [-0.39, 0.29) is 5.60 Å². The van der Waals surface area contributed by atoms with Gasteiger partial charge >= 0.3 is 0 Å². The van der Waals surface area contributed by atoms with Crippen LogP contribution in [0, 0.1) is 0 Å². The van der Waals surface area contributed by atoms with Crippen LogP contribution in [0.1, 0.15) is 33.1 Å². The molecule has 1 aliphatic heterocycles. The molecular weight excluding hydrogens is 152 g/mol. The van der Waals surface area contributed by atoms with Crippen LogP contribution in [0.3, 0.4) is 0 Å². The van der Waals surface area contributed by atoms with Gasteiger partial charge in [0.2, 0.25) is 0 Å². The number of ether oxygens (including phenoxy) is 2. The minimum atomic E-state index is 0.0849. The van der Waals surface area contributed by atoms with Crippen molar-refractivity contribution >= 4 is 0 Å². The van der Waals surface area contributed by atoms with Crippen LogP contribution in [-0.4, -0.2) is 18.8 Å². The molecule has 0 aliphatic carbocycles. The maximum absolute atomic E-state index is 5.62. The van der Waals surface area contributed by atoms with Crippen molar-refractivity contribution in [2.24, 2.45) is 0 Å². The van der Waals surface area contributed by atoms with E-state index >= 15 is 0 Å². The normalized spacial score (nSPS) is 29.8. The summed E-state index contributed by atoms with van der Waals surface area (Å²) in [4.78, 5) is 0. The lowest BCUT2D eigenvalue weighted by atomic mass is 9.99. The lowest BCUT2D eigenvalue weighted by molar-refractivity contribution is -0.000532. The molecule has 1 heterocycles. The fourth-order valence-electron chi connectivity index (χ4n) is 1.47. The first-order valence-electron chi connectivity index (χ1n) is 4.63. The van der Waals surface area contributed by atoms with Crippen molar-refractivity contribution in [2.45, 2.75) is 38.7 Å². The highest BCUT2D eigenvalue weighted by Gasteiger charge is 2.29. The molecular formula is C10H18O2. The fourth-order valence-corrected chi connectivity index (χ4v) is 1.47. The summed E-state index contributed by atoms with van der Waals surface area (Å²) in [5.41, 5.74) is 0.0849. The standard InChI is InChI=1S/C10H18O2/c1-3-7-11-9-6-10(2)5-4-8-12-10/h3,7H,4-6,8-9H2,1-2H3/b7-3+. The van der Waals surface area contributed by atoms with Crippen molar-refractivity contribution in [3.05, 3.63) is 12.3 Å². The van der Waals surface area contributed by atoms with Crippen molar-refractivity contribution in [2.75, 3.05) is 13.2 Å². The molecule has 1 unspecified atom stereocenters. The predicted molar refractivity (Wildman–Crippen MR) is 49.0 cm³/mol. The van der Waals surface area contributed by atoms with Crippen LogP contribution in [0.25, 0.3) is 0 Å². The van der Waals surface area contributed by atoms with Gasteiger partial charge in [-0.3, -0.25) is 0 Å². The van der Waals surface area contributed by atoms with Gasteiger partial charge in [0.25, 0.3) is 0 Å². The third-order valence-corrected chi connectivity index (χ3v) is 2.28. The van der Waals surface area contributed by atoms with Crippen LogP contribution >= 0.6 is 0 Å². The Bertz CT molecular complexity index is 146. The highest BCUT2D eigenvalue weighted by atomic mass is 16.5. The zero-order chi connectivity index (χ0) is 8.86. The summed E-state index contributed by atoms with van der Waals surface area (Å²) < 4.78 is 10.9. The van der Waals surface area contributed by atoms with Gasteiger partial charge in [-0.2, -0.15) is 0 Å². The average molecular weight is 170 g/mol. The van der Waals surface area contributed by atoms with Crippen molar-refractivity contribution in [1.29, 1.82) is 0 Å². The summed E-state index contributed by atoms with van der Waals surface area (Å²) in [6, 6.07) is 0. The van der Waals surface area contributed by atoms with E-state index in [1.54, 1.807) is 6.26 Å². The van der Waals surface area contributed by atoms with Gasteiger partial charge in [0.05, 0.1) is 18.5 Å². The Morgan fingerprint density at radius 2 is 2.42 bits per heavy atom. The van der Waals surface area contributed by atoms with Gasteiger partial charge in [-0.25, -0.2) is 0 Å². The molecule has 0 bridgehead atoms. The molecule has 1 atom stereocenters. The summed E-state index contributed by atoms with van der Waals surface area (Å²) >= 11 is 0. The maximum Gasteiger partial charge on any atom is 0.0900 e. The Labute approximate surface area is 74.6 Å². The minimum absolute atomic E-state index is 0.0849. The van der Waals surface area contributed by atoms with Crippen LogP contribution in [0.4, 0.5) is 0 Å². The zero-order valence-electron chi connectivity index (χ0n) is 8.01. The third-order valence-electron chi connectivity index (χ3n) is 2.28.